The lowest BCUT2D eigenvalue weighted by Gasteiger charge is -2.08. The molecule has 0 amide bonds. The largest absolute Gasteiger partial charge is 0.493 e. The van der Waals surface area contributed by atoms with Crippen molar-refractivity contribution in [3.8, 4) is 11.5 Å². The number of benzene rings is 2. The Hall–Kier alpha value is -2.26. The smallest absolute Gasteiger partial charge is 0.185 e. The molecule has 0 saturated heterocycles. The highest BCUT2D eigenvalue weighted by molar-refractivity contribution is 6.32. The molecule has 0 aliphatic heterocycles. The van der Waals surface area contributed by atoms with Gasteiger partial charge in [-0.05, 0) is 42.0 Å². The van der Waals surface area contributed by atoms with Crippen LogP contribution in [0.5, 0.6) is 11.5 Å². The molecule has 4 heteroatoms. The van der Waals surface area contributed by atoms with E-state index < -0.39 is 0 Å². The van der Waals surface area contributed by atoms with Crippen LogP contribution in [0.25, 0.3) is 6.08 Å². The molecule has 0 radical (unpaired) electrons. The summed E-state index contributed by atoms with van der Waals surface area (Å²) in [5.41, 5.74) is 1.32. The van der Waals surface area contributed by atoms with Crippen LogP contribution in [0.3, 0.4) is 0 Å². The Morgan fingerprint density at radius 2 is 1.76 bits per heavy atom. The molecule has 0 aliphatic rings. The SMILES string of the molecule is COc1ccc(C(=O)/C=C/c2ccccc2Cl)cc1OC. The normalized spacial score (nSPS) is 10.6. The molecule has 2 aromatic rings. The number of methoxy groups -OCH3 is 2. The zero-order chi connectivity index (χ0) is 15.2. The number of ether oxygens (including phenoxy) is 2. The molecule has 3 nitrogen and oxygen atoms in total. The molecule has 0 heterocycles. The Balaban J connectivity index is 2.23. The van der Waals surface area contributed by atoms with Gasteiger partial charge < -0.3 is 9.47 Å². The molecule has 0 saturated carbocycles. The van der Waals surface area contributed by atoms with Gasteiger partial charge in [0.15, 0.2) is 17.3 Å². The van der Waals surface area contributed by atoms with Crippen molar-refractivity contribution < 1.29 is 14.3 Å². The molecular formula is C17H15ClO3. The molecule has 21 heavy (non-hydrogen) atoms. The van der Waals surface area contributed by atoms with E-state index in [4.69, 9.17) is 21.1 Å². The van der Waals surface area contributed by atoms with Gasteiger partial charge in [0.05, 0.1) is 14.2 Å². The van der Waals surface area contributed by atoms with Crippen LogP contribution < -0.4 is 9.47 Å². The van der Waals surface area contributed by atoms with Gasteiger partial charge in [-0.1, -0.05) is 29.8 Å². The van der Waals surface area contributed by atoms with Crippen LogP contribution in [0.2, 0.25) is 5.02 Å². The molecule has 0 unspecified atom stereocenters. The van der Waals surface area contributed by atoms with Crippen molar-refractivity contribution in [2.75, 3.05) is 14.2 Å². The Morgan fingerprint density at radius 3 is 2.43 bits per heavy atom. The fourth-order valence-corrected chi connectivity index (χ4v) is 2.06. The monoisotopic (exact) mass is 302 g/mol. The molecule has 0 N–H and O–H groups in total. The van der Waals surface area contributed by atoms with Crippen molar-refractivity contribution in [3.05, 3.63) is 64.7 Å². The fourth-order valence-electron chi connectivity index (χ4n) is 1.86. The second-order valence-corrected chi connectivity index (χ2v) is 4.70. The lowest BCUT2D eigenvalue weighted by molar-refractivity contribution is 0.104. The summed E-state index contributed by atoms with van der Waals surface area (Å²) in [6.45, 7) is 0. The molecule has 2 rings (SSSR count). The van der Waals surface area contributed by atoms with Crippen LogP contribution in [0.15, 0.2) is 48.5 Å². The number of carbonyl (C=O) groups is 1. The van der Waals surface area contributed by atoms with Gasteiger partial charge in [-0.15, -0.1) is 0 Å². The summed E-state index contributed by atoms with van der Waals surface area (Å²) in [7, 11) is 3.09. The van der Waals surface area contributed by atoms with Gasteiger partial charge in [0.1, 0.15) is 0 Å². The first-order chi connectivity index (χ1) is 10.2. The Bertz CT molecular complexity index is 677. The van der Waals surface area contributed by atoms with E-state index in [9.17, 15) is 4.79 Å². The number of halogens is 1. The predicted octanol–water partition coefficient (Wildman–Crippen LogP) is 4.25. The highest BCUT2D eigenvalue weighted by Gasteiger charge is 2.08. The first-order valence-electron chi connectivity index (χ1n) is 6.34. The number of hydrogen-bond donors (Lipinski definition) is 0. The van der Waals surface area contributed by atoms with E-state index in [-0.39, 0.29) is 5.78 Å². The highest BCUT2D eigenvalue weighted by atomic mass is 35.5. The third-order valence-corrected chi connectivity index (χ3v) is 3.33. The maximum Gasteiger partial charge on any atom is 0.185 e. The van der Waals surface area contributed by atoms with Gasteiger partial charge in [0.25, 0.3) is 0 Å². The van der Waals surface area contributed by atoms with E-state index in [0.717, 1.165) is 5.56 Å². The Kier molecular flexibility index (Phi) is 5.01. The molecule has 0 bridgehead atoms. The lowest BCUT2D eigenvalue weighted by atomic mass is 10.1. The van der Waals surface area contributed by atoms with Gasteiger partial charge >= 0.3 is 0 Å². The topological polar surface area (TPSA) is 35.5 Å². The zero-order valence-corrected chi connectivity index (χ0v) is 12.6. The third kappa shape index (κ3) is 3.64. The second-order valence-electron chi connectivity index (χ2n) is 4.29. The van der Waals surface area contributed by atoms with Crippen LogP contribution in [0.4, 0.5) is 0 Å². The molecular weight excluding hydrogens is 288 g/mol. The minimum absolute atomic E-state index is 0.129. The van der Waals surface area contributed by atoms with Crippen molar-refractivity contribution in [2.45, 2.75) is 0 Å². The van der Waals surface area contributed by atoms with Crippen LogP contribution in [-0.2, 0) is 0 Å². The van der Waals surface area contributed by atoms with Gasteiger partial charge in [-0.3, -0.25) is 4.79 Å². The molecule has 0 aromatic heterocycles. The molecule has 2 aromatic carbocycles. The van der Waals surface area contributed by atoms with Gasteiger partial charge in [-0.2, -0.15) is 0 Å². The quantitative estimate of drug-likeness (QED) is 0.612. The summed E-state index contributed by atoms with van der Waals surface area (Å²) in [4.78, 5) is 12.2. The Labute approximate surface area is 128 Å². The van der Waals surface area contributed by atoms with Crippen LogP contribution in [0, 0.1) is 0 Å². The van der Waals surface area contributed by atoms with E-state index in [1.165, 1.54) is 13.2 Å². The number of hydrogen-bond acceptors (Lipinski definition) is 3. The van der Waals surface area contributed by atoms with E-state index >= 15 is 0 Å². The van der Waals surface area contributed by atoms with Gasteiger partial charge in [0, 0.05) is 10.6 Å². The summed E-state index contributed by atoms with van der Waals surface area (Å²) >= 11 is 6.04. The molecule has 0 aliphatic carbocycles. The number of rotatable bonds is 5. The summed E-state index contributed by atoms with van der Waals surface area (Å²) in [5, 5.41) is 0.605. The van der Waals surface area contributed by atoms with Crippen molar-refractivity contribution in [1.82, 2.24) is 0 Å². The van der Waals surface area contributed by atoms with Gasteiger partial charge in [-0.25, -0.2) is 0 Å². The zero-order valence-electron chi connectivity index (χ0n) is 11.8. The first kappa shape index (κ1) is 15.1. The highest BCUT2D eigenvalue weighted by Crippen LogP contribution is 2.28. The average Bonchev–Trinajstić information content (AvgIpc) is 2.53. The van der Waals surface area contributed by atoms with Crippen molar-refractivity contribution in [2.24, 2.45) is 0 Å². The molecule has 108 valence electrons. The number of carbonyl (C=O) groups excluding carboxylic acids is 1. The molecule has 0 fully saturated rings. The summed E-state index contributed by atoms with van der Waals surface area (Å²) in [6, 6.07) is 12.4. The summed E-state index contributed by atoms with van der Waals surface area (Å²) < 4.78 is 10.3. The standard InChI is InChI=1S/C17H15ClO3/c1-20-16-10-8-13(11-17(16)21-2)15(19)9-7-12-5-3-4-6-14(12)18/h3-11H,1-2H3/b9-7+. The third-order valence-electron chi connectivity index (χ3n) is 2.99. The van der Waals surface area contributed by atoms with Crippen LogP contribution >= 0.6 is 11.6 Å². The number of ketones is 1. The lowest BCUT2D eigenvalue weighted by Crippen LogP contribution is -1.97. The van der Waals surface area contributed by atoms with Crippen molar-refractivity contribution in [3.63, 3.8) is 0 Å². The van der Waals surface area contributed by atoms with Crippen LogP contribution in [0.1, 0.15) is 15.9 Å². The first-order valence-corrected chi connectivity index (χ1v) is 6.72. The van der Waals surface area contributed by atoms with Gasteiger partial charge in [0.2, 0.25) is 0 Å². The van der Waals surface area contributed by atoms with E-state index in [1.807, 2.05) is 18.2 Å². The number of allylic oxidation sites excluding steroid dienone is 1. The Morgan fingerprint density at radius 1 is 1.05 bits per heavy atom. The van der Waals surface area contributed by atoms with E-state index in [2.05, 4.69) is 0 Å². The predicted molar refractivity (Wildman–Crippen MR) is 84.4 cm³/mol. The maximum absolute atomic E-state index is 12.2. The molecule has 0 atom stereocenters. The maximum atomic E-state index is 12.2. The molecule has 0 spiro atoms. The minimum atomic E-state index is -0.129. The summed E-state index contributed by atoms with van der Waals surface area (Å²) in [6.07, 6.45) is 3.18. The van der Waals surface area contributed by atoms with Crippen molar-refractivity contribution >= 4 is 23.5 Å². The summed E-state index contributed by atoms with van der Waals surface area (Å²) in [5.74, 6) is 0.981. The van der Waals surface area contributed by atoms with Crippen LogP contribution in [-0.4, -0.2) is 20.0 Å². The van der Waals surface area contributed by atoms with Crippen molar-refractivity contribution in [1.29, 1.82) is 0 Å². The minimum Gasteiger partial charge on any atom is -0.493 e. The second kappa shape index (κ2) is 6.95. The average molecular weight is 303 g/mol. The van der Waals surface area contributed by atoms with E-state index in [1.54, 1.807) is 37.5 Å². The fraction of sp³-hybridized carbons (Fsp3) is 0.118. The van der Waals surface area contributed by atoms with E-state index in [0.29, 0.717) is 22.1 Å².